The molecule has 3 heteroatoms. The third-order valence-electron chi connectivity index (χ3n) is 4.86. The van der Waals surface area contributed by atoms with E-state index in [9.17, 15) is 5.11 Å². The van der Waals surface area contributed by atoms with Crippen LogP contribution in [0.2, 0.25) is 0 Å². The molecule has 18 heavy (non-hydrogen) atoms. The van der Waals surface area contributed by atoms with E-state index in [1.165, 1.54) is 58.0 Å². The Labute approximate surface area is 112 Å². The van der Waals surface area contributed by atoms with Crippen LogP contribution in [0.4, 0.5) is 0 Å². The molecule has 0 radical (unpaired) electrons. The first-order valence-corrected chi connectivity index (χ1v) is 7.88. The van der Waals surface area contributed by atoms with Crippen molar-refractivity contribution in [3.05, 3.63) is 0 Å². The number of nitrogens with zero attached hydrogens (tertiary/aromatic N) is 1. The minimum Gasteiger partial charge on any atom is -0.379 e. The molecular formula is C15H30N2O. The van der Waals surface area contributed by atoms with Crippen molar-refractivity contribution in [3.63, 3.8) is 0 Å². The summed E-state index contributed by atoms with van der Waals surface area (Å²) >= 11 is 0. The van der Waals surface area contributed by atoms with Crippen LogP contribution in [0.5, 0.6) is 0 Å². The summed E-state index contributed by atoms with van der Waals surface area (Å²) in [6.45, 7) is 6.54. The highest BCUT2D eigenvalue weighted by Gasteiger charge is 2.21. The molecule has 0 aromatic carbocycles. The zero-order valence-electron chi connectivity index (χ0n) is 11.9. The molecule has 2 saturated heterocycles. The molecule has 2 heterocycles. The van der Waals surface area contributed by atoms with Crippen molar-refractivity contribution in [2.45, 2.75) is 58.1 Å². The van der Waals surface area contributed by atoms with Crippen molar-refractivity contribution >= 4 is 0 Å². The number of aliphatic hydroxyl groups excluding tert-OH is 1. The zero-order chi connectivity index (χ0) is 12.8. The topological polar surface area (TPSA) is 35.5 Å². The van der Waals surface area contributed by atoms with Gasteiger partial charge in [0.25, 0.3) is 0 Å². The fourth-order valence-electron chi connectivity index (χ4n) is 3.48. The number of hydrogen-bond acceptors (Lipinski definition) is 3. The Hall–Kier alpha value is -0.120. The Morgan fingerprint density at radius 3 is 2.17 bits per heavy atom. The van der Waals surface area contributed by atoms with Crippen molar-refractivity contribution < 1.29 is 5.11 Å². The SMILES string of the molecule is CC(O)N1CCC(CCCC2CCNCC2)CC1. The first-order valence-electron chi connectivity index (χ1n) is 7.88. The fraction of sp³-hybridized carbons (Fsp3) is 1.00. The van der Waals surface area contributed by atoms with E-state index in [4.69, 9.17) is 0 Å². The highest BCUT2D eigenvalue weighted by molar-refractivity contribution is 4.74. The Morgan fingerprint density at radius 1 is 1.06 bits per heavy atom. The van der Waals surface area contributed by atoms with Gasteiger partial charge in [0.15, 0.2) is 0 Å². The molecule has 2 N–H and O–H groups in total. The predicted octanol–water partition coefficient (Wildman–Crippen LogP) is 2.21. The van der Waals surface area contributed by atoms with E-state index < -0.39 is 0 Å². The molecule has 0 spiro atoms. The molecule has 0 aromatic heterocycles. The molecule has 1 unspecified atom stereocenters. The lowest BCUT2D eigenvalue weighted by molar-refractivity contribution is -0.00429. The highest BCUT2D eigenvalue weighted by Crippen LogP contribution is 2.26. The summed E-state index contributed by atoms with van der Waals surface area (Å²) < 4.78 is 0. The molecule has 3 nitrogen and oxygen atoms in total. The van der Waals surface area contributed by atoms with Crippen molar-refractivity contribution in [2.24, 2.45) is 11.8 Å². The monoisotopic (exact) mass is 254 g/mol. The first-order chi connectivity index (χ1) is 8.75. The summed E-state index contributed by atoms with van der Waals surface area (Å²) in [4.78, 5) is 2.20. The molecule has 106 valence electrons. The maximum atomic E-state index is 9.53. The Kier molecular flexibility index (Phi) is 5.93. The van der Waals surface area contributed by atoms with Gasteiger partial charge in [0.2, 0.25) is 0 Å². The van der Waals surface area contributed by atoms with Gasteiger partial charge in [-0.15, -0.1) is 0 Å². The number of piperidine rings is 2. The summed E-state index contributed by atoms with van der Waals surface area (Å²) in [5.41, 5.74) is 0. The molecule has 0 saturated carbocycles. The fourth-order valence-corrected chi connectivity index (χ4v) is 3.48. The van der Waals surface area contributed by atoms with E-state index in [2.05, 4.69) is 10.2 Å². The van der Waals surface area contributed by atoms with Crippen LogP contribution in [0.1, 0.15) is 51.9 Å². The van der Waals surface area contributed by atoms with Crippen LogP contribution < -0.4 is 5.32 Å². The Balaban J connectivity index is 1.55. The van der Waals surface area contributed by atoms with Crippen molar-refractivity contribution in [3.8, 4) is 0 Å². The lowest BCUT2D eigenvalue weighted by Gasteiger charge is -2.34. The average Bonchev–Trinajstić information content (AvgIpc) is 2.40. The highest BCUT2D eigenvalue weighted by atomic mass is 16.3. The van der Waals surface area contributed by atoms with Crippen LogP contribution in [-0.2, 0) is 0 Å². The lowest BCUT2D eigenvalue weighted by Crippen LogP contribution is -2.39. The molecule has 0 amide bonds. The number of nitrogens with one attached hydrogen (secondary N) is 1. The maximum absolute atomic E-state index is 9.53. The second-order valence-electron chi connectivity index (χ2n) is 6.24. The van der Waals surface area contributed by atoms with E-state index >= 15 is 0 Å². The molecule has 2 aliphatic heterocycles. The van der Waals surface area contributed by atoms with E-state index in [1.54, 1.807) is 0 Å². The van der Waals surface area contributed by atoms with Crippen LogP contribution in [0, 0.1) is 11.8 Å². The van der Waals surface area contributed by atoms with Crippen LogP contribution >= 0.6 is 0 Å². The molecule has 2 fully saturated rings. The van der Waals surface area contributed by atoms with E-state index in [-0.39, 0.29) is 6.23 Å². The van der Waals surface area contributed by atoms with Crippen LogP contribution in [0.15, 0.2) is 0 Å². The van der Waals surface area contributed by atoms with Crippen LogP contribution in [0.25, 0.3) is 0 Å². The van der Waals surface area contributed by atoms with Crippen molar-refractivity contribution in [1.29, 1.82) is 0 Å². The largest absolute Gasteiger partial charge is 0.379 e. The lowest BCUT2D eigenvalue weighted by atomic mass is 9.87. The molecule has 0 aliphatic carbocycles. The van der Waals surface area contributed by atoms with Gasteiger partial charge in [0, 0.05) is 13.1 Å². The number of rotatable bonds is 5. The van der Waals surface area contributed by atoms with Gasteiger partial charge in [-0.25, -0.2) is 0 Å². The quantitative estimate of drug-likeness (QED) is 0.789. The van der Waals surface area contributed by atoms with E-state index in [1.807, 2.05) is 6.92 Å². The van der Waals surface area contributed by atoms with Crippen molar-refractivity contribution in [2.75, 3.05) is 26.2 Å². The second-order valence-corrected chi connectivity index (χ2v) is 6.24. The smallest absolute Gasteiger partial charge is 0.104 e. The number of likely N-dealkylation sites (tertiary alicyclic amines) is 1. The summed E-state index contributed by atoms with van der Waals surface area (Å²) in [6, 6.07) is 0. The molecular weight excluding hydrogens is 224 g/mol. The van der Waals surface area contributed by atoms with Gasteiger partial charge in [-0.3, -0.25) is 4.90 Å². The van der Waals surface area contributed by atoms with E-state index in [0.717, 1.165) is 24.9 Å². The summed E-state index contributed by atoms with van der Waals surface area (Å²) in [7, 11) is 0. The molecule has 2 aliphatic rings. The summed E-state index contributed by atoms with van der Waals surface area (Å²) in [6.07, 6.45) is 9.38. The normalized spacial score (nSPS) is 26.3. The van der Waals surface area contributed by atoms with Crippen LogP contribution in [-0.4, -0.2) is 42.4 Å². The van der Waals surface area contributed by atoms with Crippen LogP contribution in [0.3, 0.4) is 0 Å². The van der Waals surface area contributed by atoms with Gasteiger partial charge in [0.1, 0.15) is 6.23 Å². The molecule has 2 rings (SSSR count). The number of hydrogen-bond donors (Lipinski definition) is 2. The zero-order valence-corrected chi connectivity index (χ0v) is 11.9. The van der Waals surface area contributed by atoms with Gasteiger partial charge < -0.3 is 10.4 Å². The second kappa shape index (κ2) is 7.46. The average molecular weight is 254 g/mol. The minimum absolute atomic E-state index is 0.249. The third-order valence-corrected chi connectivity index (χ3v) is 4.86. The minimum atomic E-state index is -0.249. The first kappa shape index (κ1) is 14.3. The maximum Gasteiger partial charge on any atom is 0.104 e. The Morgan fingerprint density at radius 2 is 1.61 bits per heavy atom. The summed E-state index contributed by atoms with van der Waals surface area (Å²) in [5, 5.41) is 13.0. The Bertz CT molecular complexity index is 219. The van der Waals surface area contributed by atoms with E-state index in [0.29, 0.717) is 0 Å². The molecule has 1 atom stereocenters. The summed E-state index contributed by atoms with van der Waals surface area (Å²) in [5.74, 6) is 1.91. The predicted molar refractivity (Wildman–Crippen MR) is 75.4 cm³/mol. The molecule has 0 bridgehead atoms. The standard InChI is InChI=1S/C15H30N2O/c1-13(18)17-11-7-15(8-12-17)4-2-3-14-5-9-16-10-6-14/h13-16,18H,2-12H2,1H3. The van der Waals surface area contributed by atoms with Gasteiger partial charge in [-0.2, -0.15) is 0 Å². The third kappa shape index (κ3) is 4.52. The van der Waals surface area contributed by atoms with Gasteiger partial charge in [-0.05, 0) is 57.5 Å². The molecule has 0 aromatic rings. The van der Waals surface area contributed by atoms with Crippen molar-refractivity contribution in [1.82, 2.24) is 10.2 Å². The van der Waals surface area contributed by atoms with Gasteiger partial charge in [-0.1, -0.05) is 19.3 Å². The van der Waals surface area contributed by atoms with Gasteiger partial charge >= 0.3 is 0 Å². The van der Waals surface area contributed by atoms with Gasteiger partial charge in [0.05, 0.1) is 0 Å². The number of aliphatic hydroxyl groups is 1.